The molecule has 0 spiro atoms. The lowest BCUT2D eigenvalue weighted by molar-refractivity contribution is 0.777. The second-order valence-corrected chi connectivity index (χ2v) is 6.56. The summed E-state index contributed by atoms with van der Waals surface area (Å²) in [5, 5.41) is 1.29. The number of hydrogen-bond acceptors (Lipinski definition) is 2. The lowest BCUT2D eigenvalue weighted by Crippen LogP contribution is -2.12. The molecule has 0 saturated carbocycles. The van der Waals surface area contributed by atoms with Crippen LogP contribution in [0.3, 0.4) is 0 Å². The molecule has 0 bridgehead atoms. The molecule has 2 nitrogen and oxygen atoms in total. The van der Waals surface area contributed by atoms with E-state index in [0.29, 0.717) is 6.54 Å². The maximum Gasteiger partial charge on any atom is 0.0931 e. The minimum absolute atomic E-state index is 0.213. The normalized spacial score (nSPS) is 12.9. The summed E-state index contributed by atoms with van der Waals surface area (Å²) >= 11 is 7.69. The fourth-order valence-electron chi connectivity index (χ4n) is 2.73. The quantitative estimate of drug-likeness (QED) is 0.757. The topological polar surface area (TPSA) is 30.9 Å². The Balaban J connectivity index is 2.17. The van der Waals surface area contributed by atoms with Crippen molar-refractivity contribution in [1.29, 1.82) is 0 Å². The molecule has 0 saturated heterocycles. The zero-order chi connectivity index (χ0) is 14.1. The van der Waals surface area contributed by atoms with Crippen molar-refractivity contribution in [3.05, 3.63) is 57.4 Å². The molecule has 2 aromatic heterocycles. The van der Waals surface area contributed by atoms with E-state index in [9.17, 15) is 0 Å². The van der Waals surface area contributed by atoms with Crippen molar-refractivity contribution in [2.75, 3.05) is 6.54 Å². The predicted molar refractivity (Wildman–Crippen MR) is 87.8 cm³/mol. The number of fused-ring (bicyclic) bond motifs is 1. The van der Waals surface area contributed by atoms with Crippen molar-refractivity contribution >= 4 is 33.8 Å². The van der Waals surface area contributed by atoms with Crippen molar-refractivity contribution in [3.63, 3.8) is 0 Å². The average Bonchev–Trinajstić information content (AvgIpc) is 3.05. The number of aryl methyl sites for hydroxylation is 1. The second kappa shape index (κ2) is 5.60. The Kier molecular flexibility index (Phi) is 3.83. The van der Waals surface area contributed by atoms with Crippen molar-refractivity contribution in [2.45, 2.75) is 19.4 Å². The fraction of sp³-hybridized carbons (Fsp3) is 0.250. The van der Waals surface area contributed by atoms with Crippen LogP contribution in [0.1, 0.15) is 23.3 Å². The van der Waals surface area contributed by atoms with E-state index in [1.807, 2.05) is 6.07 Å². The smallest absolute Gasteiger partial charge is 0.0931 e. The fourth-order valence-corrected chi connectivity index (χ4v) is 3.92. The van der Waals surface area contributed by atoms with Crippen LogP contribution in [0.15, 0.2) is 42.6 Å². The van der Waals surface area contributed by atoms with E-state index in [2.05, 4.69) is 48.0 Å². The molecule has 0 aliphatic heterocycles. The van der Waals surface area contributed by atoms with Crippen LogP contribution in [0.25, 0.3) is 10.9 Å². The lowest BCUT2D eigenvalue weighted by atomic mass is 9.97. The average molecular weight is 305 g/mol. The van der Waals surface area contributed by atoms with Gasteiger partial charge in [0, 0.05) is 41.0 Å². The largest absolute Gasteiger partial charge is 0.347 e. The molecule has 104 valence electrons. The van der Waals surface area contributed by atoms with Crippen LogP contribution in [0.5, 0.6) is 0 Å². The minimum Gasteiger partial charge on any atom is -0.347 e. The van der Waals surface area contributed by atoms with Gasteiger partial charge in [-0.3, -0.25) is 0 Å². The van der Waals surface area contributed by atoms with Crippen molar-refractivity contribution in [3.8, 4) is 0 Å². The number of benzene rings is 1. The van der Waals surface area contributed by atoms with Gasteiger partial charge in [0.1, 0.15) is 0 Å². The van der Waals surface area contributed by atoms with E-state index in [-0.39, 0.29) is 5.92 Å². The van der Waals surface area contributed by atoms with Crippen LogP contribution in [-0.2, 0) is 6.54 Å². The van der Waals surface area contributed by atoms with Gasteiger partial charge in [-0.05, 0) is 30.7 Å². The van der Waals surface area contributed by atoms with Crippen LogP contribution >= 0.6 is 22.9 Å². The highest BCUT2D eigenvalue weighted by atomic mass is 35.5. The monoisotopic (exact) mass is 304 g/mol. The zero-order valence-corrected chi connectivity index (χ0v) is 12.9. The third-order valence-electron chi connectivity index (χ3n) is 3.71. The highest BCUT2D eigenvalue weighted by molar-refractivity contribution is 7.16. The first kappa shape index (κ1) is 13.7. The van der Waals surface area contributed by atoms with Gasteiger partial charge in [-0.1, -0.05) is 29.8 Å². The van der Waals surface area contributed by atoms with E-state index >= 15 is 0 Å². The molecule has 1 atom stereocenters. The molecule has 2 N–H and O–H groups in total. The molecular formula is C16H17ClN2S. The second-order valence-electron chi connectivity index (χ2n) is 4.82. The van der Waals surface area contributed by atoms with Crippen LogP contribution in [0.4, 0.5) is 0 Å². The summed E-state index contributed by atoms with van der Waals surface area (Å²) in [6.07, 6.45) is 2.23. The number of nitrogens with zero attached hydrogens (tertiary/aromatic N) is 1. The number of thiophene rings is 1. The SMILES string of the molecule is CCn1cc(C(CN)c2ccc(Cl)s2)c2ccccc21. The first-order chi connectivity index (χ1) is 9.74. The standard InChI is InChI=1S/C16H17ClN2S/c1-2-19-10-13(11-5-3-4-6-14(11)19)12(9-18)15-7-8-16(17)20-15/h3-8,10,12H,2,9,18H2,1H3. The lowest BCUT2D eigenvalue weighted by Gasteiger charge is -2.12. The molecule has 3 rings (SSSR count). The summed E-state index contributed by atoms with van der Waals surface area (Å²) in [6, 6.07) is 12.5. The molecule has 0 aliphatic rings. The number of hydrogen-bond donors (Lipinski definition) is 1. The van der Waals surface area contributed by atoms with Crippen molar-refractivity contribution in [1.82, 2.24) is 4.57 Å². The molecule has 1 unspecified atom stereocenters. The Bertz CT molecular complexity index is 729. The van der Waals surface area contributed by atoms with Gasteiger partial charge in [0.05, 0.1) is 4.34 Å². The molecule has 0 radical (unpaired) electrons. The Hall–Kier alpha value is -1.29. The number of para-hydroxylation sites is 1. The Morgan fingerprint density at radius 1 is 1.25 bits per heavy atom. The Morgan fingerprint density at radius 2 is 2.05 bits per heavy atom. The van der Waals surface area contributed by atoms with E-state index in [4.69, 9.17) is 17.3 Å². The van der Waals surface area contributed by atoms with Crippen LogP contribution < -0.4 is 5.73 Å². The Morgan fingerprint density at radius 3 is 2.70 bits per heavy atom. The van der Waals surface area contributed by atoms with Crippen molar-refractivity contribution in [2.24, 2.45) is 5.73 Å². The van der Waals surface area contributed by atoms with Crippen LogP contribution in [-0.4, -0.2) is 11.1 Å². The third-order valence-corrected chi connectivity index (χ3v) is 5.05. The number of halogens is 1. The molecule has 20 heavy (non-hydrogen) atoms. The highest BCUT2D eigenvalue weighted by Gasteiger charge is 2.19. The van der Waals surface area contributed by atoms with E-state index < -0.39 is 0 Å². The predicted octanol–water partition coefficient (Wildman–Crippen LogP) is 4.47. The summed E-state index contributed by atoms with van der Waals surface area (Å²) in [6.45, 7) is 3.72. The van der Waals surface area contributed by atoms with E-state index in [1.165, 1.54) is 21.3 Å². The van der Waals surface area contributed by atoms with Gasteiger partial charge < -0.3 is 10.3 Å². The van der Waals surface area contributed by atoms with E-state index in [0.717, 1.165) is 10.9 Å². The first-order valence-electron chi connectivity index (χ1n) is 6.77. The maximum absolute atomic E-state index is 6.07. The molecule has 0 fully saturated rings. The number of nitrogens with two attached hydrogens (primary N) is 1. The minimum atomic E-state index is 0.213. The Labute approximate surface area is 127 Å². The van der Waals surface area contributed by atoms with Gasteiger partial charge in [-0.15, -0.1) is 11.3 Å². The molecule has 1 aromatic carbocycles. The molecule has 2 heterocycles. The van der Waals surface area contributed by atoms with Gasteiger partial charge in [-0.25, -0.2) is 0 Å². The summed E-state index contributed by atoms with van der Waals surface area (Å²) in [5.41, 5.74) is 8.61. The highest BCUT2D eigenvalue weighted by Crippen LogP contribution is 2.36. The molecule has 4 heteroatoms. The van der Waals surface area contributed by atoms with E-state index in [1.54, 1.807) is 11.3 Å². The van der Waals surface area contributed by atoms with Crippen LogP contribution in [0, 0.1) is 0 Å². The number of rotatable bonds is 4. The van der Waals surface area contributed by atoms with Gasteiger partial charge in [0.25, 0.3) is 0 Å². The number of aromatic nitrogens is 1. The maximum atomic E-state index is 6.07. The van der Waals surface area contributed by atoms with Gasteiger partial charge in [0.2, 0.25) is 0 Å². The third kappa shape index (κ3) is 2.26. The summed E-state index contributed by atoms with van der Waals surface area (Å²) in [7, 11) is 0. The molecule has 0 aliphatic carbocycles. The van der Waals surface area contributed by atoms with Crippen molar-refractivity contribution < 1.29 is 0 Å². The molecule has 3 aromatic rings. The summed E-state index contributed by atoms with van der Waals surface area (Å²) in [4.78, 5) is 1.23. The molecule has 0 amide bonds. The first-order valence-corrected chi connectivity index (χ1v) is 7.97. The van der Waals surface area contributed by atoms with Gasteiger partial charge >= 0.3 is 0 Å². The van der Waals surface area contributed by atoms with Gasteiger partial charge in [0.15, 0.2) is 0 Å². The summed E-state index contributed by atoms with van der Waals surface area (Å²) in [5.74, 6) is 0.213. The van der Waals surface area contributed by atoms with Crippen LogP contribution in [0.2, 0.25) is 4.34 Å². The summed E-state index contributed by atoms with van der Waals surface area (Å²) < 4.78 is 3.10. The molecular weight excluding hydrogens is 288 g/mol. The van der Waals surface area contributed by atoms with Gasteiger partial charge in [-0.2, -0.15) is 0 Å². The zero-order valence-electron chi connectivity index (χ0n) is 11.3.